The molecule has 1 amide bonds. The molecular formula is C16H19ClN4O2. The van der Waals surface area contributed by atoms with Crippen LogP contribution in [0, 0.1) is 0 Å². The highest BCUT2D eigenvalue weighted by Crippen LogP contribution is 2.28. The standard InChI is InChI=1S/C16H19ClN4O2/c1-4-21(5-2)16-18-9-8-12(20-16)15(22)19-13-10-11(17)6-7-14(13)23-3/h6-10H,4-5H2,1-3H3,(H,19,22). The van der Waals surface area contributed by atoms with Gasteiger partial charge < -0.3 is 15.0 Å². The van der Waals surface area contributed by atoms with Crippen molar-refractivity contribution in [3.63, 3.8) is 0 Å². The summed E-state index contributed by atoms with van der Waals surface area (Å²) in [6.07, 6.45) is 1.57. The van der Waals surface area contributed by atoms with Gasteiger partial charge in [0.1, 0.15) is 11.4 Å². The van der Waals surface area contributed by atoms with E-state index in [2.05, 4.69) is 15.3 Å². The fourth-order valence-electron chi connectivity index (χ4n) is 2.10. The van der Waals surface area contributed by atoms with Crippen LogP contribution >= 0.6 is 11.6 Å². The second kappa shape index (κ2) is 7.78. The number of rotatable bonds is 6. The van der Waals surface area contributed by atoms with Crippen molar-refractivity contribution in [3.8, 4) is 5.75 Å². The lowest BCUT2D eigenvalue weighted by atomic mass is 10.2. The van der Waals surface area contributed by atoms with Crippen molar-refractivity contribution < 1.29 is 9.53 Å². The smallest absolute Gasteiger partial charge is 0.274 e. The molecule has 7 heteroatoms. The lowest BCUT2D eigenvalue weighted by molar-refractivity contribution is 0.102. The van der Waals surface area contributed by atoms with Crippen molar-refractivity contribution in [3.05, 3.63) is 41.2 Å². The Kier molecular flexibility index (Phi) is 5.76. The number of carbonyl (C=O) groups excluding carboxylic acids is 1. The normalized spacial score (nSPS) is 10.3. The van der Waals surface area contributed by atoms with Gasteiger partial charge in [-0.2, -0.15) is 0 Å². The minimum absolute atomic E-state index is 0.281. The van der Waals surface area contributed by atoms with E-state index in [0.717, 1.165) is 13.1 Å². The summed E-state index contributed by atoms with van der Waals surface area (Å²) >= 11 is 5.97. The van der Waals surface area contributed by atoms with Crippen LogP contribution in [0.3, 0.4) is 0 Å². The first-order chi connectivity index (χ1) is 11.1. The van der Waals surface area contributed by atoms with E-state index in [4.69, 9.17) is 16.3 Å². The van der Waals surface area contributed by atoms with Crippen LogP contribution in [0.1, 0.15) is 24.3 Å². The summed E-state index contributed by atoms with van der Waals surface area (Å²) in [4.78, 5) is 22.9. The first kappa shape index (κ1) is 17.0. The number of amides is 1. The summed E-state index contributed by atoms with van der Waals surface area (Å²) in [7, 11) is 1.53. The van der Waals surface area contributed by atoms with Gasteiger partial charge in [-0.05, 0) is 38.1 Å². The summed E-state index contributed by atoms with van der Waals surface area (Å²) in [6.45, 7) is 5.56. The number of ether oxygens (including phenoxy) is 1. The number of benzene rings is 1. The van der Waals surface area contributed by atoms with Crippen LogP contribution in [0.25, 0.3) is 0 Å². The predicted molar refractivity (Wildman–Crippen MR) is 91.6 cm³/mol. The van der Waals surface area contributed by atoms with Gasteiger partial charge in [-0.15, -0.1) is 0 Å². The molecule has 1 aromatic heterocycles. The Hall–Kier alpha value is -2.34. The Morgan fingerprint density at radius 1 is 1.30 bits per heavy atom. The first-order valence-corrected chi connectivity index (χ1v) is 7.69. The largest absolute Gasteiger partial charge is 0.495 e. The number of anilines is 2. The quantitative estimate of drug-likeness (QED) is 0.878. The maximum Gasteiger partial charge on any atom is 0.274 e. The molecule has 0 bridgehead atoms. The minimum Gasteiger partial charge on any atom is -0.495 e. The van der Waals surface area contributed by atoms with E-state index in [9.17, 15) is 4.79 Å². The SMILES string of the molecule is CCN(CC)c1nccc(C(=O)Nc2cc(Cl)ccc2OC)n1. The highest BCUT2D eigenvalue weighted by atomic mass is 35.5. The fourth-order valence-corrected chi connectivity index (χ4v) is 2.27. The van der Waals surface area contributed by atoms with E-state index < -0.39 is 0 Å². The summed E-state index contributed by atoms with van der Waals surface area (Å²) in [5, 5.41) is 3.27. The van der Waals surface area contributed by atoms with Gasteiger partial charge in [0.25, 0.3) is 5.91 Å². The lowest BCUT2D eigenvalue weighted by Crippen LogP contribution is -2.25. The molecule has 2 aromatic rings. The highest BCUT2D eigenvalue weighted by Gasteiger charge is 2.14. The van der Waals surface area contributed by atoms with Gasteiger partial charge in [0.05, 0.1) is 12.8 Å². The number of carbonyl (C=O) groups is 1. The van der Waals surface area contributed by atoms with Gasteiger partial charge in [0.15, 0.2) is 0 Å². The zero-order valence-electron chi connectivity index (χ0n) is 13.3. The molecule has 6 nitrogen and oxygen atoms in total. The molecule has 122 valence electrons. The van der Waals surface area contributed by atoms with Crippen molar-refractivity contribution in [2.75, 3.05) is 30.4 Å². The topological polar surface area (TPSA) is 67.4 Å². The van der Waals surface area contributed by atoms with Crippen LogP contribution in [0.15, 0.2) is 30.5 Å². The first-order valence-electron chi connectivity index (χ1n) is 7.31. The molecule has 1 heterocycles. The third-order valence-electron chi connectivity index (χ3n) is 3.33. The number of hydrogen-bond acceptors (Lipinski definition) is 5. The van der Waals surface area contributed by atoms with Gasteiger partial charge in [-0.3, -0.25) is 4.79 Å². The van der Waals surface area contributed by atoms with E-state index in [1.165, 1.54) is 7.11 Å². The third kappa shape index (κ3) is 4.10. The molecule has 2 rings (SSSR count). The van der Waals surface area contributed by atoms with E-state index in [1.807, 2.05) is 18.7 Å². The van der Waals surface area contributed by atoms with E-state index >= 15 is 0 Å². The summed E-state index contributed by atoms with van der Waals surface area (Å²) in [5.41, 5.74) is 0.775. The molecule has 0 aliphatic heterocycles. The average molecular weight is 335 g/mol. The number of nitrogens with zero attached hydrogens (tertiary/aromatic N) is 3. The molecule has 0 saturated carbocycles. The number of halogens is 1. The van der Waals surface area contributed by atoms with Crippen LogP contribution in [0.5, 0.6) is 5.75 Å². The van der Waals surface area contributed by atoms with E-state index in [-0.39, 0.29) is 11.6 Å². The minimum atomic E-state index is -0.346. The molecule has 0 radical (unpaired) electrons. The van der Waals surface area contributed by atoms with E-state index in [0.29, 0.717) is 22.4 Å². The molecule has 0 spiro atoms. The molecule has 23 heavy (non-hydrogen) atoms. The van der Waals surface area contributed by atoms with E-state index in [1.54, 1.807) is 30.5 Å². The van der Waals surface area contributed by atoms with Crippen molar-refractivity contribution in [2.45, 2.75) is 13.8 Å². The Bertz CT molecular complexity index is 690. The number of hydrogen-bond donors (Lipinski definition) is 1. The molecule has 1 N–H and O–H groups in total. The molecule has 0 aliphatic carbocycles. The van der Waals surface area contributed by atoms with Crippen LogP contribution in [0.4, 0.5) is 11.6 Å². The second-order valence-electron chi connectivity index (χ2n) is 4.71. The number of aromatic nitrogens is 2. The van der Waals surface area contributed by atoms with Crippen LogP contribution in [-0.4, -0.2) is 36.1 Å². The Morgan fingerprint density at radius 2 is 2.04 bits per heavy atom. The molecule has 1 aromatic carbocycles. The predicted octanol–water partition coefficient (Wildman–Crippen LogP) is 3.24. The molecular weight excluding hydrogens is 316 g/mol. The Morgan fingerprint density at radius 3 is 2.70 bits per heavy atom. The van der Waals surface area contributed by atoms with Crippen molar-refractivity contribution >= 4 is 29.1 Å². The fraction of sp³-hybridized carbons (Fsp3) is 0.312. The maximum absolute atomic E-state index is 12.4. The zero-order valence-corrected chi connectivity index (χ0v) is 14.1. The van der Waals surface area contributed by atoms with Gasteiger partial charge in [-0.25, -0.2) is 9.97 Å². The molecule has 0 fully saturated rings. The van der Waals surface area contributed by atoms with Crippen LogP contribution < -0.4 is 15.0 Å². The summed E-state index contributed by atoms with van der Waals surface area (Å²) in [6, 6.07) is 6.59. The summed E-state index contributed by atoms with van der Waals surface area (Å²) in [5.74, 6) is 0.711. The van der Waals surface area contributed by atoms with Crippen LogP contribution in [-0.2, 0) is 0 Å². The highest BCUT2D eigenvalue weighted by molar-refractivity contribution is 6.31. The molecule has 0 aliphatic rings. The number of nitrogens with one attached hydrogen (secondary N) is 1. The third-order valence-corrected chi connectivity index (χ3v) is 3.57. The monoisotopic (exact) mass is 334 g/mol. The molecule has 0 atom stereocenters. The Balaban J connectivity index is 2.24. The molecule has 0 unspecified atom stereocenters. The lowest BCUT2D eigenvalue weighted by Gasteiger charge is -2.18. The molecule has 0 saturated heterocycles. The number of methoxy groups -OCH3 is 1. The average Bonchev–Trinajstić information content (AvgIpc) is 2.56. The van der Waals surface area contributed by atoms with Gasteiger partial charge in [0, 0.05) is 24.3 Å². The van der Waals surface area contributed by atoms with Gasteiger partial charge >= 0.3 is 0 Å². The Labute approximate surface area is 140 Å². The van der Waals surface area contributed by atoms with Crippen molar-refractivity contribution in [1.82, 2.24) is 9.97 Å². The van der Waals surface area contributed by atoms with Crippen LogP contribution in [0.2, 0.25) is 5.02 Å². The van der Waals surface area contributed by atoms with Crippen molar-refractivity contribution in [2.24, 2.45) is 0 Å². The van der Waals surface area contributed by atoms with Gasteiger partial charge in [0.2, 0.25) is 5.95 Å². The maximum atomic E-state index is 12.4. The second-order valence-corrected chi connectivity index (χ2v) is 5.15. The van der Waals surface area contributed by atoms with Gasteiger partial charge in [-0.1, -0.05) is 11.6 Å². The van der Waals surface area contributed by atoms with Crippen molar-refractivity contribution in [1.29, 1.82) is 0 Å². The summed E-state index contributed by atoms with van der Waals surface area (Å²) < 4.78 is 5.22. The zero-order chi connectivity index (χ0) is 16.8.